The molecule has 0 aliphatic carbocycles. The molecule has 1 aromatic heterocycles. The van der Waals surface area contributed by atoms with E-state index in [1.54, 1.807) is 7.11 Å². The SMILES string of the molecule is CCc1ccc(Oc2ccc(CCl)c(C)n2)c(OC)c1. The Morgan fingerprint density at radius 3 is 2.55 bits per heavy atom. The van der Waals surface area contributed by atoms with E-state index in [2.05, 4.69) is 11.9 Å². The molecular formula is C16H18ClNO2. The Labute approximate surface area is 124 Å². The zero-order valence-corrected chi connectivity index (χ0v) is 12.7. The first-order valence-corrected chi connectivity index (χ1v) is 7.08. The first kappa shape index (κ1) is 14.7. The van der Waals surface area contributed by atoms with Crippen LogP contribution in [0, 0.1) is 6.92 Å². The van der Waals surface area contributed by atoms with Gasteiger partial charge in [0.15, 0.2) is 11.5 Å². The molecule has 2 aromatic rings. The molecule has 3 nitrogen and oxygen atoms in total. The molecule has 0 N–H and O–H groups in total. The fraction of sp³-hybridized carbons (Fsp3) is 0.312. The largest absolute Gasteiger partial charge is 0.493 e. The molecule has 0 fully saturated rings. The monoisotopic (exact) mass is 291 g/mol. The van der Waals surface area contributed by atoms with E-state index in [4.69, 9.17) is 21.1 Å². The molecule has 0 unspecified atom stereocenters. The van der Waals surface area contributed by atoms with Gasteiger partial charge in [-0.15, -0.1) is 11.6 Å². The summed E-state index contributed by atoms with van der Waals surface area (Å²) in [6, 6.07) is 9.66. The van der Waals surface area contributed by atoms with Gasteiger partial charge in [0.2, 0.25) is 5.88 Å². The summed E-state index contributed by atoms with van der Waals surface area (Å²) < 4.78 is 11.2. The molecule has 2 rings (SSSR count). The number of methoxy groups -OCH3 is 1. The van der Waals surface area contributed by atoms with Crippen molar-refractivity contribution in [3.05, 3.63) is 47.2 Å². The van der Waals surface area contributed by atoms with Gasteiger partial charge in [-0.2, -0.15) is 0 Å². The van der Waals surface area contributed by atoms with Crippen LogP contribution < -0.4 is 9.47 Å². The summed E-state index contributed by atoms with van der Waals surface area (Å²) in [6.07, 6.45) is 0.957. The molecule has 1 aromatic carbocycles. The van der Waals surface area contributed by atoms with Crippen LogP contribution in [0.5, 0.6) is 17.4 Å². The predicted octanol–water partition coefficient (Wildman–Crippen LogP) is 4.49. The van der Waals surface area contributed by atoms with Crippen molar-refractivity contribution < 1.29 is 9.47 Å². The zero-order valence-electron chi connectivity index (χ0n) is 11.9. The van der Waals surface area contributed by atoms with Crippen molar-refractivity contribution in [3.63, 3.8) is 0 Å². The Morgan fingerprint density at radius 1 is 1.15 bits per heavy atom. The Morgan fingerprint density at radius 2 is 1.95 bits per heavy atom. The molecule has 1 heterocycles. The van der Waals surface area contributed by atoms with Crippen LogP contribution in [-0.2, 0) is 12.3 Å². The lowest BCUT2D eigenvalue weighted by Gasteiger charge is -2.12. The summed E-state index contributed by atoms with van der Waals surface area (Å²) in [4.78, 5) is 4.40. The van der Waals surface area contributed by atoms with Crippen molar-refractivity contribution in [3.8, 4) is 17.4 Å². The van der Waals surface area contributed by atoms with Crippen LogP contribution in [0.25, 0.3) is 0 Å². The summed E-state index contributed by atoms with van der Waals surface area (Å²) in [6.45, 7) is 4.02. The van der Waals surface area contributed by atoms with Crippen molar-refractivity contribution in [1.82, 2.24) is 4.98 Å². The average Bonchev–Trinajstić information content (AvgIpc) is 2.48. The lowest BCUT2D eigenvalue weighted by Crippen LogP contribution is -1.96. The summed E-state index contributed by atoms with van der Waals surface area (Å²) in [7, 11) is 1.64. The van der Waals surface area contributed by atoms with Crippen LogP contribution in [0.15, 0.2) is 30.3 Å². The van der Waals surface area contributed by atoms with Crippen molar-refractivity contribution in [2.45, 2.75) is 26.1 Å². The minimum atomic E-state index is 0.452. The third kappa shape index (κ3) is 3.23. The number of alkyl halides is 1. The molecule has 0 amide bonds. The topological polar surface area (TPSA) is 31.4 Å². The summed E-state index contributed by atoms with van der Waals surface area (Å²) in [5, 5.41) is 0. The molecule has 0 atom stereocenters. The van der Waals surface area contributed by atoms with Gasteiger partial charge in [0.25, 0.3) is 0 Å². The Balaban J connectivity index is 2.27. The number of halogens is 1. The smallest absolute Gasteiger partial charge is 0.219 e. The van der Waals surface area contributed by atoms with E-state index in [0.717, 1.165) is 17.7 Å². The van der Waals surface area contributed by atoms with E-state index in [-0.39, 0.29) is 0 Å². The predicted molar refractivity (Wildman–Crippen MR) is 81.0 cm³/mol. The number of pyridine rings is 1. The normalized spacial score (nSPS) is 10.4. The van der Waals surface area contributed by atoms with Crippen LogP contribution in [0.2, 0.25) is 0 Å². The quantitative estimate of drug-likeness (QED) is 0.761. The number of ether oxygens (including phenoxy) is 2. The second-order valence-corrected chi connectivity index (χ2v) is 4.74. The van der Waals surface area contributed by atoms with Crippen molar-refractivity contribution >= 4 is 11.6 Å². The van der Waals surface area contributed by atoms with Gasteiger partial charge in [0, 0.05) is 17.6 Å². The highest BCUT2D eigenvalue weighted by Crippen LogP contribution is 2.32. The number of hydrogen-bond acceptors (Lipinski definition) is 3. The Kier molecular flexibility index (Phi) is 4.85. The third-order valence-corrected chi connectivity index (χ3v) is 3.45. The van der Waals surface area contributed by atoms with E-state index in [1.807, 2.05) is 37.3 Å². The standard InChI is InChI=1S/C16H18ClNO2/c1-4-12-5-7-14(15(9-12)19-3)20-16-8-6-13(10-17)11(2)18-16/h5-9H,4,10H2,1-3H3. The second-order valence-electron chi connectivity index (χ2n) is 4.47. The van der Waals surface area contributed by atoms with E-state index >= 15 is 0 Å². The molecule has 106 valence electrons. The highest BCUT2D eigenvalue weighted by Gasteiger charge is 2.08. The number of aryl methyl sites for hydroxylation is 2. The van der Waals surface area contributed by atoms with Gasteiger partial charge >= 0.3 is 0 Å². The van der Waals surface area contributed by atoms with Crippen LogP contribution >= 0.6 is 11.6 Å². The molecular weight excluding hydrogens is 274 g/mol. The number of hydrogen-bond donors (Lipinski definition) is 0. The maximum Gasteiger partial charge on any atom is 0.219 e. The Bertz CT molecular complexity index is 599. The first-order chi connectivity index (χ1) is 9.67. The minimum Gasteiger partial charge on any atom is -0.493 e. The molecule has 0 spiro atoms. The molecule has 20 heavy (non-hydrogen) atoms. The van der Waals surface area contributed by atoms with Crippen molar-refractivity contribution in [2.75, 3.05) is 7.11 Å². The highest BCUT2D eigenvalue weighted by atomic mass is 35.5. The van der Waals surface area contributed by atoms with E-state index in [1.165, 1.54) is 5.56 Å². The second kappa shape index (κ2) is 6.62. The van der Waals surface area contributed by atoms with E-state index < -0.39 is 0 Å². The number of nitrogens with zero attached hydrogens (tertiary/aromatic N) is 1. The van der Waals surface area contributed by atoms with Gasteiger partial charge in [-0.1, -0.05) is 19.1 Å². The molecule has 0 saturated carbocycles. The van der Waals surface area contributed by atoms with Gasteiger partial charge in [0.1, 0.15) is 0 Å². The van der Waals surface area contributed by atoms with E-state index in [0.29, 0.717) is 23.3 Å². The Hall–Kier alpha value is -1.74. The lowest BCUT2D eigenvalue weighted by molar-refractivity contribution is 0.373. The third-order valence-electron chi connectivity index (χ3n) is 3.16. The van der Waals surface area contributed by atoms with Gasteiger partial charge in [-0.3, -0.25) is 0 Å². The van der Waals surface area contributed by atoms with Gasteiger partial charge in [0.05, 0.1) is 7.11 Å². The van der Waals surface area contributed by atoms with Gasteiger partial charge < -0.3 is 9.47 Å². The average molecular weight is 292 g/mol. The highest BCUT2D eigenvalue weighted by molar-refractivity contribution is 6.17. The minimum absolute atomic E-state index is 0.452. The molecule has 0 radical (unpaired) electrons. The van der Waals surface area contributed by atoms with Crippen molar-refractivity contribution in [2.24, 2.45) is 0 Å². The van der Waals surface area contributed by atoms with Crippen molar-refractivity contribution in [1.29, 1.82) is 0 Å². The lowest BCUT2D eigenvalue weighted by atomic mass is 10.1. The first-order valence-electron chi connectivity index (χ1n) is 6.55. The van der Waals surface area contributed by atoms with Crippen LogP contribution in [0.3, 0.4) is 0 Å². The molecule has 0 aliphatic heterocycles. The zero-order chi connectivity index (χ0) is 14.5. The summed E-state index contributed by atoms with van der Waals surface area (Å²) in [5.74, 6) is 2.37. The number of rotatable bonds is 5. The van der Waals surface area contributed by atoms with Crippen LogP contribution in [0.1, 0.15) is 23.7 Å². The van der Waals surface area contributed by atoms with Gasteiger partial charge in [-0.05, 0) is 36.6 Å². The summed E-state index contributed by atoms with van der Waals surface area (Å²) >= 11 is 5.82. The molecule has 0 bridgehead atoms. The summed E-state index contributed by atoms with van der Waals surface area (Å²) in [5.41, 5.74) is 3.09. The maximum atomic E-state index is 5.82. The van der Waals surface area contributed by atoms with Crippen LogP contribution in [0.4, 0.5) is 0 Å². The molecule has 0 saturated heterocycles. The molecule has 0 aliphatic rings. The fourth-order valence-corrected chi connectivity index (χ4v) is 2.18. The van der Waals surface area contributed by atoms with Crippen LogP contribution in [-0.4, -0.2) is 12.1 Å². The molecule has 4 heteroatoms. The van der Waals surface area contributed by atoms with Gasteiger partial charge in [-0.25, -0.2) is 4.98 Å². The van der Waals surface area contributed by atoms with E-state index in [9.17, 15) is 0 Å². The maximum absolute atomic E-state index is 5.82. The fourth-order valence-electron chi connectivity index (χ4n) is 1.89. The number of aromatic nitrogens is 1. The number of benzene rings is 1.